The van der Waals surface area contributed by atoms with Crippen molar-refractivity contribution in [3.05, 3.63) is 40.2 Å². The molecule has 0 bridgehead atoms. The molecule has 1 amide bonds. The van der Waals surface area contributed by atoms with Crippen molar-refractivity contribution in [3.8, 4) is 11.3 Å². The fourth-order valence-corrected chi connectivity index (χ4v) is 4.42. The molecule has 3 rings (SSSR count). The van der Waals surface area contributed by atoms with Crippen molar-refractivity contribution in [2.45, 2.75) is 46.1 Å². The van der Waals surface area contributed by atoms with E-state index in [9.17, 15) is 9.59 Å². The number of carbonyl (C=O) groups is 2. The third-order valence-electron chi connectivity index (χ3n) is 5.35. The fraction of sp³-hybridized carbons (Fsp3) is 0.476. The zero-order chi connectivity index (χ0) is 19.4. The molecule has 1 heterocycles. The van der Waals surface area contributed by atoms with Gasteiger partial charge in [0.05, 0.1) is 10.7 Å². The van der Waals surface area contributed by atoms with E-state index >= 15 is 0 Å². The molecule has 0 aliphatic heterocycles. The molecular formula is C21H26N2O3S. The van der Waals surface area contributed by atoms with E-state index in [0.717, 1.165) is 23.4 Å². The van der Waals surface area contributed by atoms with Crippen LogP contribution >= 0.6 is 11.3 Å². The summed E-state index contributed by atoms with van der Waals surface area (Å²) in [5.41, 5.74) is 1.47. The molecule has 144 valence electrons. The summed E-state index contributed by atoms with van der Waals surface area (Å²) in [7, 11) is 0. The Morgan fingerprint density at radius 2 is 1.96 bits per heavy atom. The molecular weight excluding hydrogens is 360 g/mol. The molecule has 1 fully saturated rings. The number of nitrogens with one attached hydrogen (secondary N) is 1. The van der Waals surface area contributed by atoms with Crippen molar-refractivity contribution in [2.24, 2.45) is 11.8 Å². The third-order valence-corrected chi connectivity index (χ3v) is 6.31. The van der Waals surface area contributed by atoms with E-state index in [1.165, 1.54) is 17.8 Å². The van der Waals surface area contributed by atoms with Crippen LogP contribution < -0.4 is 5.32 Å². The molecule has 0 saturated heterocycles. The Bertz CT molecular complexity index is 803. The number of thiazole rings is 1. The SMILES string of the molecule is Cc1nc(-c2ccccc2)c(C(=O)OCC(=O)N[C@@H]2CCC[C@H](C)[C@H]2C)s1. The quantitative estimate of drug-likeness (QED) is 0.782. The van der Waals surface area contributed by atoms with Crippen molar-refractivity contribution < 1.29 is 14.3 Å². The summed E-state index contributed by atoms with van der Waals surface area (Å²) < 4.78 is 5.29. The van der Waals surface area contributed by atoms with Crippen LogP contribution in [0.4, 0.5) is 0 Å². The molecule has 1 N–H and O–H groups in total. The number of nitrogens with zero attached hydrogens (tertiary/aromatic N) is 1. The van der Waals surface area contributed by atoms with Gasteiger partial charge in [-0.3, -0.25) is 4.79 Å². The van der Waals surface area contributed by atoms with E-state index in [2.05, 4.69) is 24.1 Å². The Balaban J connectivity index is 1.61. The number of aromatic nitrogens is 1. The predicted octanol–water partition coefficient (Wildman–Crippen LogP) is 4.22. The van der Waals surface area contributed by atoms with Gasteiger partial charge < -0.3 is 10.1 Å². The van der Waals surface area contributed by atoms with Crippen LogP contribution in [0.25, 0.3) is 11.3 Å². The molecule has 0 unspecified atom stereocenters. The van der Waals surface area contributed by atoms with Crippen molar-refractivity contribution in [1.29, 1.82) is 0 Å². The van der Waals surface area contributed by atoms with Gasteiger partial charge in [0, 0.05) is 11.6 Å². The summed E-state index contributed by atoms with van der Waals surface area (Å²) in [6, 6.07) is 9.69. The van der Waals surface area contributed by atoms with Crippen molar-refractivity contribution in [1.82, 2.24) is 10.3 Å². The average molecular weight is 387 g/mol. The number of ether oxygens (including phenoxy) is 1. The number of benzene rings is 1. The second-order valence-corrected chi connectivity index (χ2v) is 8.50. The van der Waals surface area contributed by atoms with Gasteiger partial charge in [-0.25, -0.2) is 9.78 Å². The minimum absolute atomic E-state index is 0.158. The maximum Gasteiger partial charge on any atom is 0.351 e. The number of carbonyl (C=O) groups excluding carboxylic acids is 2. The van der Waals surface area contributed by atoms with Crippen LogP contribution in [0.2, 0.25) is 0 Å². The van der Waals surface area contributed by atoms with Crippen LogP contribution in [-0.2, 0) is 9.53 Å². The van der Waals surface area contributed by atoms with Crippen molar-refractivity contribution >= 4 is 23.2 Å². The normalized spacial score (nSPS) is 22.3. The second-order valence-electron chi connectivity index (χ2n) is 7.29. The highest BCUT2D eigenvalue weighted by atomic mass is 32.1. The van der Waals surface area contributed by atoms with E-state index in [0.29, 0.717) is 22.4 Å². The minimum atomic E-state index is -0.500. The summed E-state index contributed by atoms with van der Waals surface area (Å²) in [6.07, 6.45) is 3.31. The maximum atomic E-state index is 12.5. The standard InChI is InChI=1S/C21H26N2O3S/c1-13-8-7-11-17(14(13)2)23-18(24)12-26-21(25)20-19(22-15(3)27-20)16-9-5-4-6-10-16/h4-6,9-10,13-14,17H,7-8,11-12H2,1-3H3,(H,23,24)/t13-,14+,17+/m0/s1. The lowest BCUT2D eigenvalue weighted by molar-refractivity contribution is -0.125. The number of aryl methyl sites for hydroxylation is 1. The van der Waals surface area contributed by atoms with Gasteiger partial charge in [0.15, 0.2) is 6.61 Å². The van der Waals surface area contributed by atoms with E-state index < -0.39 is 5.97 Å². The molecule has 0 spiro atoms. The van der Waals surface area contributed by atoms with Crippen LogP contribution in [-0.4, -0.2) is 29.5 Å². The molecule has 0 radical (unpaired) electrons. The number of rotatable bonds is 5. The molecule has 1 aromatic carbocycles. The summed E-state index contributed by atoms with van der Waals surface area (Å²) >= 11 is 1.29. The summed E-state index contributed by atoms with van der Waals surface area (Å²) in [5, 5.41) is 3.82. The largest absolute Gasteiger partial charge is 0.451 e. The zero-order valence-corrected chi connectivity index (χ0v) is 16.8. The molecule has 1 saturated carbocycles. The first-order valence-corrected chi connectivity index (χ1v) is 10.3. The Labute approximate surface area is 164 Å². The highest BCUT2D eigenvalue weighted by molar-refractivity contribution is 7.14. The highest BCUT2D eigenvalue weighted by Crippen LogP contribution is 2.30. The monoisotopic (exact) mass is 386 g/mol. The molecule has 1 aliphatic carbocycles. The van der Waals surface area contributed by atoms with E-state index in [1.807, 2.05) is 37.3 Å². The van der Waals surface area contributed by atoms with Crippen LogP contribution in [0, 0.1) is 18.8 Å². The van der Waals surface area contributed by atoms with Crippen LogP contribution in [0.15, 0.2) is 30.3 Å². The number of esters is 1. The van der Waals surface area contributed by atoms with Gasteiger partial charge in [-0.1, -0.05) is 57.0 Å². The first-order valence-electron chi connectivity index (χ1n) is 9.45. The van der Waals surface area contributed by atoms with Gasteiger partial charge in [-0.15, -0.1) is 11.3 Å². The molecule has 1 aliphatic rings. The molecule has 1 aromatic heterocycles. The number of hydrogen-bond donors (Lipinski definition) is 1. The predicted molar refractivity (Wildman–Crippen MR) is 107 cm³/mol. The molecule has 3 atom stereocenters. The second kappa shape index (κ2) is 8.65. The van der Waals surface area contributed by atoms with E-state index in [4.69, 9.17) is 4.74 Å². The first-order chi connectivity index (χ1) is 13.0. The van der Waals surface area contributed by atoms with Crippen LogP contribution in [0.1, 0.15) is 47.8 Å². The Morgan fingerprint density at radius 1 is 1.22 bits per heavy atom. The van der Waals surface area contributed by atoms with Gasteiger partial charge in [-0.2, -0.15) is 0 Å². The van der Waals surface area contributed by atoms with Gasteiger partial charge >= 0.3 is 5.97 Å². The molecule has 2 aromatic rings. The lowest BCUT2D eigenvalue weighted by Gasteiger charge is -2.34. The van der Waals surface area contributed by atoms with Crippen molar-refractivity contribution in [3.63, 3.8) is 0 Å². The smallest absolute Gasteiger partial charge is 0.351 e. The zero-order valence-electron chi connectivity index (χ0n) is 16.0. The molecule has 27 heavy (non-hydrogen) atoms. The Hall–Kier alpha value is -2.21. The summed E-state index contributed by atoms with van der Waals surface area (Å²) in [6.45, 7) is 5.99. The minimum Gasteiger partial charge on any atom is -0.451 e. The van der Waals surface area contributed by atoms with Crippen LogP contribution in [0.5, 0.6) is 0 Å². The van der Waals surface area contributed by atoms with Crippen molar-refractivity contribution in [2.75, 3.05) is 6.61 Å². The van der Waals surface area contributed by atoms with E-state index in [-0.39, 0.29) is 18.6 Å². The topological polar surface area (TPSA) is 68.3 Å². The lowest BCUT2D eigenvalue weighted by Crippen LogP contribution is -2.45. The van der Waals surface area contributed by atoms with Gasteiger partial charge in [-0.05, 0) is 25.2 Å². The van der Waals surface area contributed by atoms with Gasteiger partial charge in [0.2, 0.25) is 0 Å². The summed E-state index contributed by atoms with van der Waals surface area (Å²) in [4.78, 5) is 29.7. The number of hydrogen-bond acceptors (Lipinski definition) is 5. The number of amides is 1. The molecule has 6 heteroatoms. The van der Waals surface area contributed by atoms with Gasteiger partial charge in [0.25, 0.3) is 5.91 Å². The van der Waals surface area contributed by atoms with Gasteiger partial charge in [0.1, 0.15) is 4.88 Å². The Kier molecular flexibility index (Phi) is 6.26. The van der Waals surface area contributed by atoms with E-state index in [1.54, 1.807) is 0 Å². The summed E-state index contributed by atoms with van der Waals surface area (Å²) in [5.74, 6) is 0.295. The highest BCUT2D eigenvalue weighted by Gasteiger charge is 2.28. The fourth-order valence-electron chi connectivity index (χ4n) is 3.59. The van der Waals surface area contributed by atoms with Crippen LogP contribution in [0.3, 0.4) is 0 Å². The lowest BCUT2D eigenvalue weighted by atomic mass is 9.78. The average Bonchev–Trinajstić information content (AvgIpc) is 3.06. The molecule has 5 nitrogen and oxygen atoms in total. The third kappa shape index (κ3) is 4.75. The first kappa shape index (κ1) is 19.5. The maximum absolute atomic E-state index is 12.5. The Morgan fingerprint density at radius 3 is 2.70 bits per heavy atom.